The number of rotatable bonds is 2. The Morgan fingerprint density at radius 3 is 2.95 bits per heavy atom. The van der Waals surface area contributed by atoms with Crippen molar-refractivity contribution in [1.29, 1.82) is 0 Å². The fourth-order valence-corrected chi connectivity index (χ4v) is 2.75. The van der Waals surface area contributed by atoms with Crippen LogP contribution < -0.4 is 0 Å². The van der Waals surface area contributed by atoms with E-state index in [0.717, 1.165) is 5.56 Å². The molecule has 2 heterocycles. The van der Waals surface area contributed by atoms with Gasteiger partial charge in [-0.3, -0.25) is 0 Å². The molecule has 3 rings (SSSR count). The first-order valence-corrected chi connectivity index (χ1v) is 6.70. The summed E-state index contributed by atoms with van der Waals surface area (Å²) in [6.07, 6.45) is 0.398. The minimum atomic E-state index is -1.07. The van der Waals surface area contributed by atoms with Crippen molar-refractivity contribution in [2.75, 3.05) is 0 Å². The number of carboxylic acid groups (broad SMARTS) is 1. The van der Waals surface area contributed by atoms with E-state index >= 15 is 0 Å². The maximum Gasteiger partial charge on any atom is 0.356 e. The Kier molecular flexibility index (Phi) is 3.23. The highest BCUT2D eigenvalue weighted by Gasteiger charge is 2.27. The van der Waals surface area contributed by atoms with Crippen LogP contribution in [0.15, 0.2) is 24.3 Å². The summed E-state index contributed by atoms with van der Waals surface area (Å²) in [5, 5.41) is 19.6. The summed E-state index contributed by atoms with van der Waals surface area (Å²) in [7, 11) is 0. The SMILES string of the molecule is O=C(O)c1nc(-c2cccc(Cl)c2)n2c1CC(O)CC2. The van der Waals surface area contributed by atoms with E-state index in [9.17, 15) is 15.0 Å². The molecular weight excluding hydrogens is 280 g/mol. The van der Waals surface area contributed by atoms with Gasteiger partial charge in [0.25, 0.3) is 0 Å². The van der Waals surface area contributed by atoms with Gasteiger partial charge in [0, 0.05) is 23.6 Å². The molecule has 0 spiro atoms. The second-order valence-corrected chi connectivity index (χ2v) is 5.28. The molecule has 0 bridgehead atoms. The highest BCUT2D eigenvalue weighted by Crippen LogP contribution is 2.29. The van der Waals surface area contributed by atoms with Gasteiger partial charge in [0.1, 0.15) is 5.82 Å². The van der Waals surface area contributed by atoms with Crippen LogP contribution in [0, 0.1) is 0 Å². The van der Waals surface area contributed by atoms with E-state index in [1.165, 1.54) is 0 Å². The molecular formula is C14H13ClN2O3. The van der Waals surface area contributed by atoms with Crippen LogP contribution in [0.3, 0.4) is 0 Å². The molecule has 1 aromatic heterocycles. The lowest BCUT2D eigenvalue weighted by Crippen LogP contribution is -2.24. The Morgan fingerprint density at radius 1 is 1.45 bits per heavy atom. The molecule has 1 atom stereocenters. The van der Waals surface area contributed by atoms with E-state index in [0.29, 0.717) is 35.9 Å². The quantitative estimate of drug-likeness (QED) is 0.890. The van der Waals surface area contributed by atoms with E-state index in [2.05, 4.69) is 4.98 Å². The van der Waals surface area contributed by atoms with Gasteiger partial charge in [-0.05, 0) is 18.6 Å². The summed E-state index contributed by atoms with van der Waals surface area (Å²) in [6, 6.07) is 7.16. The minimum absolute atomic E-state index is 0.0127. The zero-order valence-corrected chi connectivity index (χ0v) is 11.3. The molecule has 6 heteroatoms. The van der Waals surface area contributed by atoms with Crippen molar-refractivity contribution >= 4 is 17.6 Å². The smallest absolute Gasteiger partial charge is 0.356 e. The maximum atomic E-state index is 11.3. The lowest BCUT2D eigenvalue weighted by Gasteiger charge is -2.21. The third-order valence-corrected chi connectivity index (χ3v) is 3.71. The molecule has 5 nitrogen and oxygen atoms in total. The number of imidazole rings is 1. The summed E-state index contributed by atoms with van der Waals surface area (Å²) in [4.78, 5) is 15.5. The number of carboxylic acids is 1. The van der Waals surface area contributed by atoms with Gasteiger partial charge in [-0.1, -0.05) is 23.7 Å². The summed E-state index contributed by atoms with van der Waals surface area (Å²) in [6.45, 7) is 0.554. The number of benzene rings is 1. The molecule has 20 heavy (non-hydrogen) atoms. The third kappa shape index (κ3) is 2.19. The molecule has 2 N–H and O–H groups in total. The molecule has 2 aromatic rings. The van der Waals surface area contributed by atoms with Gasteiger partial charge in [-0.25, -0.2) is 9.78 Å². The Labute approximate surface area is 120 Å². The van der Waals surface area contributed by atoms with Gasteiger partial charge in [-0.15, -0.1) is 0 Å². The predicted octanol–water partition coefficient (Wildman–Crippen LogP) is 2.21. The largest absolute Gasteiger partial charge is 0.476 e. The maximum absolute atomic E-state index is 11.3. The Balaban J connectivity index is 2.17. The number of aromatic carboxylic acids is 1. The zero-order chi connectivity index (χ0) is 14.3. The number of aliphatic hydroxyl groups excluding tert-OH is 1. The molecule has 0 fully saturated rings. The number of fused-ring (bicyclic) bond motifs is 1. The standard InChI is InChI=1S/C14H13ClN2O3/c15-9-3-1-2-8(6-9)13-16-12(14(19)20)11-7-10(18)4-5-17(11)13/h1-3,6,10,18H,4-5,7H2,(H,19,20). The zero-order valence-electron chi connectivity index (χ0n) is 10.6. The van der Waals surface area contributed by atoms with Crippen molar-refractivity contribution in [2.24, 2.45) is 0 Å². The van der Waals surface area contributed by atoms with Gasteiger partial charge in [-0.2, -0.15) is 0 Å². The fraction of sp³-hybridized carbons (Fsp3) is 0.286. The lowest BCUT2D eigenvalue weighted by atomic mass is 10.1. The number of aromatic nitrogens is 2. The minimum Gasteiger partial charge on any atom is -0.476 e. The fourth-order valence-electron chi connectivity index (χ4n) is 2.56. The third-order valence-electron chi connectivity index (χ3n) is 3.47. The Morgan fingerprint density at radius 2 is 2.25 bits per heavy atom. The summed E-state index contributed by atoms with van der Waals surface area (Å²) < 4.78 is 1.86. The van der Waals surface area contributed by atoms with E-state index in [4.69, 9.17) is 11.6 Å². The van der Waals surface area contributed by atoms with Gasteiger partial charge in [0.15, 0.2) is 5.69 Å². The van der Waals surface area contributed by atoms with Crippen LogP contribution in [-0.4, -0.2) is 31.8 Å². The highest BCUT2D eigenvalue weighted by atomic mass is 35.5. The van der Waals surface area contributed by atoms with Crippen LogP contribution >= 0.6 is 11.6 Å². The van der Waals surface area contributed by atoms with Crippen molar-refractivity contribution in [3.8, 4) is 11.4 Å². The van der Waals surface area contributed by atoms with Crippen molar-refractivity contribution < 1.29 is 15.0 Å². The number of hydrogen-bond donors (Lipinski definition) is 2. The number of carbonyl (C=O) groups is 1. The van der Waals surface area contributed by atoms with E-state index < -0.39 is 12.1 Å². The topological polar surface area (TPSA) is 75.3 Å². The summed E-state index contributed by atoms with van der Waals surface area (Å²) >= 11 is 5.98. The van der Waals surface area contributed by atoms with Gasteiger partial charge < -0.3 is 14.8 Å². The van der Waals surface area contributed by atoms with Gasteiger partial charge >= 0.3 is 5.97 Å². The molecule has 0 saturated carbocycles. The van der Waals surface area contributed by atoms with Crippen LogP contribution in [0.1, 0.15) is 22.6 Å². The average Bonchev–Trinajstić information content (AvgIpc) is 2.77. The first-order chi connectivity index (χ1) is 9.56. The van der Waals surface area contributed by atoms with Crippen LogP contribution in [0.2, 0.25) is 5.02 Å². The average molecular weight is 293 g/mol. The van der Waals surface area contributed by atoms with E-state index in [-0.39, 0.29) is 5.69 Å². The molecule has 1 unspecified atom stereocenters. The first-order valence-electron chi connectivity index (χ1n) is 6.33. The molecule has 104 valence electrons. The second-order valence-electron chi connectivity index (χ2n) is 4.84. The van der Waals surface area contributed by atoms with Gasteiger partial charge in [0.05, 0.1) is 11.8 Å². The molecule has 0 saturated heterocycles. The van der Waals surface area contributed by atoms with Crippen molar-refractivity contribution in [3.05, 3.63) is 40.7 Å². The number of halogens is 1. The second kappa shape index (κ2) is 4.92. The Hall–Kier alpha value is -1.85. The highest BCUT2D eigenvalue weighted by molar-refractivity contribution is 6.30. The van der Waals surface area contributed by atoms with Crippen LogP contribution in [0.4, 0.5) is 0 Å². The summed E-state index contributed by atoms with van der Waals surface area (Å²) in [5.74, 6) is -0.483. The van der Waals surface area contributed by atoms with Gasteiger partial charge in [0.2, 0.25) is 0 Å². The number of aliphatic hydroxyl groups is 1. The lowest BCUT2D eigenvalue weighted by molar-refractivity contribution is 0.0687. The van der Waals surface area contributed by atoms with Crippen LogP contribution in [0.5, 0.6) is 0 Å². The Bertz CT molecular complexity index is 681. The molecule has 1 aliphatic rings. The van der Waals surface area contributed by atoms with E-state index in [1.807, 2.05) is 10.6 Å². The van der Waals surface area contributed by atoms with Crippen molar-refractivity contribution in [1.82, 2.24) is 9.55 Å². The van der Waals surface area contributed by atoms with Crippen molar-refractivity contribution in [2.45, 2.75) is 25.5 Å². The monoisotopic (exact) mass is 292 g/mol. The number of hydrogen-bond acceptors (Lipinski definition) is 3. The molecule has 0 aliphatic carbocycles. The van der Waals surface area contributed by atoms with Crippen LogP contribution in [0.25, 0.3) is 11.4 Å². The molecule has 1 aromatic carbocycles. The van der Waals surface area contributed by atoms with Crippen LogP contribution in [-0.2, 0) is 13.0 Å². The normalized spacial score (nSPS) is 17.8. The first kappa shape index (κ1) is 13.1. The number of nitrogens with zero attached hydrogens (tertiary/aromatic N) is 2. The molecule has 0 radical (unpaired) electrons. The predicted molar refractivity (Wildman–Crippen MR) is 74.0 cm³/mol. The molecule has 0 amide bonds. The molecule has 1 aliphatic heterocycles. The summed E-state index contributed by atoms with van der Waals surface area (Å²) in [5.41, 5.74) is 1.37. The van der Waals surface area contributed by atoms with Crippen molar-refractivity contribution in [3.63, 3.8) is 0 Å². The van der Waals surface area contributed by atoms with E-state index in [1.54, 1.807) is 18.2 Å².